The lowest BCUT2D eigenvalue weighted by Crippen LogP contribution is -2.10. The summed E-state index contributed by atoms with van der Waals surface area (Å²) in [4.78, 5) is 11.4. The fourth-order valence-electron chi connectivity index (χ4n) is 1.72. The number of carbonyl (C=O) groups is 1. The molecule has 20 heavy (non-hydrogen) atoms. The lowest BCUT2D eigenvalue weighted by molar-refractivity contribution is 0.103. The minimum atomic E-state index is -0.815. The van der Waals surface area contributed by atoms with Crippen molar-refractivity contribution in [2.75, 3.05) is 6.61 Å². The van der Waals surface area contributed by atoms with Crippen molar-refractivity contribution in [3.8, 4) is 17.0 Å². The molecular weight excluding hydrogens is 303 g/mol. The third-order valence-corrected chi connectivity index (χ3v) is 3.10. The molecule has 0 spiro atoms. The monoisotopic (exact) mass is 314 g/mol. The van der Waals surface area contributed by atoms with Crippen molar-refractivity contribution in [2.24, 2.45) is 0 Å². The largest absolute Gasteiger partial charge is 0.515 e. The lowest BCUT2D eigenvalue weighted by atomic mass is 10.1. The van der Waals surface area contributed by atoms with Gasteiger partial charge in [0.05, 0.1) is 17.2 Å². The molecule has 0 aliphatic heterocycles. The van der Waals surface area contributed by atoms with Crippen molar-refractivity contribution in [3.63, 3.8) is 0 Å². The molecule has 106 valence electrons. The van der Waals surface area contributed by atoms with Crippen LogP contribution in [0.3, 0.4) is 0 Å². The van der Waals surface area contributed by atoms with Gasteiger partial charge in [-0.05, 0) is 26.0 Å². The zero-order valence-corrected chi connectivity index (χ0v) is 12.4. The van der Waals surface area contributed by atoms with E-state index in [9.17, 15) is 4.79 Å². The molecule has 0 unspecified atom stereocenters. The van der Waals surface area contributed by atoms with Crippen molar-refractivity contribution >= 4 is 29.4 Å². The Morgan fingerprint density at radius 1 is 1.40 bits per heavy atom. The van der Waals surface area contributed by atoms with Crippen LogP contribution >= 0.6 is 23.2 Å². The van der Waals surface area contributed by atoms with Crippen LogP contribution in [0, 0.1) is 6.92 Å². The zero-order valence-electron chi connectivity index (χ0n) is 10.9. The Balaban J connectivity index is 2.41. The number of H-pyrrole nitrogens is 1. The number of aromatic amines is 1. The van der Waals surface area contributed by atoms with E-state index in [1.807, 2.05) is 0 Å². The number of ether oxygens (including phenoxy) is 2. The second kappa shape index (κ2) is 6.15. The van der Waals surface area contributed by atoms with Crippen LogP contribution in [0.2, 0.25) is 10.0 Å². The molecule has 1 aromatic heterocycles. The maximum atomic E-state index is 11.4. The summed E-state index contributed by atoms with van der Waals surface area (Å²) in [6.45, 7) is 3.71. The van der Waals surface area contributed by atoms with Gasteiger partial charge >= 0.3 is 6.16 Å². The van der Waals surface area contributed by atoms with E-state index in [4.69, 9.17) is 32.7 Å². The molecule has 7 heteroatoms. The maximum absolute atomic E-state index is 11.4. The summed E-state index contributed by atoms with van der Waals surface area (Å²) in [5.74, 6) is 0.116. The summed E-state index contributed by atoms with van der Waals surface area (Å²) in [5.41, 5.74) is 1.98. The van der Waals surface area contributed by atoms with Crippen LogP contribution in [0.15, 0.2) is 18.2 Å². The number of rotatable bonds is 3. The predicted molar refractivity (Wildman–Crippen MR) is 76.4 cm³/mol. The highest BCUT2D eigenvalue weighted by Gasteiger charge is 2.19. The molecule has 1 aromatic carbocycles. The van der Waals surface area contributed by atoms with Gasteiger partial charge < -0.3 is 9.47 Å². The van der Waals surface area contributed by atoms with Crippen LogP contribution < -0.4 is 4.74 Å². The Labute approximate surface area is 125 Å². The SMILES string of the molecule is CCOC(=O)Oc1n[nH]c(C)c1-c1ccc(Cl)cc1Cl. The Hall–Kier alpha value is -1.72. The normalized spacial score (nSPS) is 10.4. The molecule has 0 aliphatic carbocycles. The van der Waals surface area contributed by atoms with Crippen molar-refractivity contribution < 1.29 is 14.3 Å². The maximum Gasteiger partial charge on any atom is 0.515 e. The molecule has 1 heterocycles. The van der Waals surface area contributed by atoms with E-state index < -0.39 is 6.16 Å². The van der Waals surface area contributed by atoms with Gasteiger partial charge in [-0.1, -0.05) is 29.3 Å². The highest BCUT2D eigenvalue weighted by Crippen LogP contribution is 2.37. The second-order valence-corrected chi connectivity index (χ2v) is 4.78. The van der Waals surface area contributed by atoms with Crippen LogP contribution in [-0.2, 0) is 4.74 Å². The second-order valence-electron chi connectivity index (χ2n) is 3.94. The summed E-state index contributed by atoms with van der Waals surface area (Å²) in [5, 5.41) is 7.65. The number of carbonyl (C=O) groups excluding carboxylic acids is 1. The molecule has 0 atom stereocenters. The number of nitrogens with one attached hydrogen (secondary N) is 1. The van der Waals surface area contributed by atoms with Gasteiger partial charge in [-0.15, -0.1) is 5.10 Å². The molecule has 0 aliphatic rings. The molecule has 0 radical (unpaired) electrons. The van der Waals surface area contributed by atoms with Crippen molar-refractivity contribution in [3.05, 3.63) is 33.9 Å². The highest BCUT2D eigenvalue weighted by atomic mass is 35.5. The quantitative estimate of drug-likeness (QED) is 0.861. The standard InChI is InChI=1S/C13H12Cl2N2O3/c1-3-19-13(18)20-12-11(7(2)16-17-12)9-5-4-8(14)6-10(9)15/h4-6H,3H2,1-2H3,(H,16,17). The summed E-state index contributed by atoms with van der Waals surface area (Å²) in [7, 11) is 0. The van der Waals surface area contributed by atoms with Gasteiger partial charge in [0.2, 0.25) is 0 Å². The van der Waals surface area contributed by atoms with E-state index in [-0.39, 0.29) is 12.5 Å². The van der Waals surface area contributed by atoms with Gasteiger partial charge in [-0.25, -0.2) is 4.79 Å². The van der Waals surface area contributed by atoms with Crippen LogP contribution in [0.5, 0.6) is 5.88 Å². The van der Waals surface area contributed by atoms with Crippen LogP contribution in [0.4, 0.5) is 4.79 Å². The number of nitrogens with zero attached hydrogens (tertiary/aromatic N) is 1. The molecule has 2 aromatic rings. The Bertz CT molecular complexity index is 641. The minimum Gasteiger partial charge on any atom is -0.434 e. The molecule has 0 fully saturated rings. The molecule has 2 rings (SSSR count). The average Bonchev–Trinajstić information content (AvgIpc) is 2.71. The van der Waals surface area contributed by atoms with E-state index in [0.29, 0.717) is 26.9 Å². The van der Waals surface area contributed by atoms with Crippen molar-refractivity contribution in [1.82, 2.24) is 10.2 Å². The first-order valence-electron chi connectivity index (χ1n) is 5.88. The van der Waals surface area contributed by atoms with Crippen LogP contribution in [-0.4, -0.2) is 23.0 Å². The van der Waals surface area contributed by atoms with Gasteiger partial charge in [-0.3, -0.25) is 5.10 Å². The number of aromatic nitrogens is 2. The summed E-state index contributed by atoms with van der Waals surface area (Å²) >= 11 is 12.0. The van der Waals surface area contributed by atoms with E-state index in [0.717, 1.165) is 0 Å². The Morgan fingerprint density at radius 3 is 2.80 bits per heavy atom. The first kappa shape index (κ1) is 14.7. The van der Waals surface area contributed by atoms with E-state index >= 15 is 0 Å². The minimum absolute atomic E-state index is 0.116. The molecular formula is C13H12Cl2N2O3. The van der Waals surface area contributed by atoms with Gasteiger partial charge in [0.15, 0.2) is 0 Å². The highest BCUT2D eigenvalue weighted by molar-refractivity contribution is 6.36. The van der Waals surface area contributed by atoms with Gasteiger partial charge in [-0.2, -0.15) is 0 Å². The fraction of sp³-hybridized carbons (Fsp3) is 0.231. The van der Waals surface area contributed by atoms with E-state index in [1.165, 1.54) is 0 Å². The summed E-state index contributed by atoms with van der Waals surface area (Å²) < 4.78 is 9.78. The Morgan fingerprint density at radius 2 is 2.15 bits per heavy atom. The number of halogens is 2. The van der Waals surface area contributed by atoms with E-state index in [1.54, 1.807) is 32.0 Å². The predicted octanol–water partition coefficient (Wildman–Crippen LogP) is 4.23. The number of aryl methyl sites for hydroxylation is 1. The molecule has 0 bridgehead atoms. The third kappa shape index (κ3) is 3.05. The molecule has 0 saturated carbocycles. The third-order valence-electron chi connectivity index (χ3n) is 2.56. The van der Waals surface area contributed by atoms with Gasteiger partial charge in [0.1, 0.15) is 0 Å². The topological polar surface area (TPSA) is 64.2 Å². The first-order chi connectivity index (χ1) is 9.52. The van der Waals surface area contributed by atoms with Crippen LogP contribution in [0.25, 0.3) is 11.1 Å². The summed E-state index contributed by atoms with van der Waals surface area (Å²) in [6.07, 6.45) is -0.815. The average molecular weight is 315 g/mol. The van der Waals surface area contributed by atoms with Gasteiger partial charge in [0.25, 0.3) is 5.88 Å². The molecule has 0 amide bonds. The van der Waals surface area contributed by atoms with Crippen LogP contribution in [0.1, 0.15) is 12.6 Å². The summed E-state index contributed by atoms with van der Waals surface area (Å²) in [6, 6.07) is 5.04. The number of hydrogen-bond acceptors (Lipinski definition) is 4. The smallest absolute Gasteiger partial charge is 0.434 e. The lowest BCUT2D eigenvalue weighted by Gasteiger charge is -2.07. The zero-order chi connectivity index (χ0) is 14.7. The number of hydrogen-bond donors (Lipinski definition) is 1. The molecule has 0 saturated heterocycles. The van der Waals surface area contributed by atoms with Gasteiger partial charge in [0, 0.05) is 16.3 Å². The molecule has 5 nitrogen and oxygen atoms in total. The van der Waals surface area contributed by atoms with E-state index in [2.05, 4.69) is 10.2 Å². The Kier molecular flexibility index (Phi) is 4.52. The molecule has 1 N–H and O–H groups in total. The number of benzene rings is 1. The fourth-order valence-corrected chi connectivity index (χ4v) is 2.22. The van der Waals surface area contributed by atoms with Crippen molar-refractivity contribution in [2.45, 2.75) is 13.8 Å². The first-order valence-corrected chi connectivity index (χ1v) is 6.63. The van der Waals surface area contributed by atoms with Crippen molar-refractivity contribution in [1.29, 1.82) is 0 Å².